The summed E-state index contributed by atoms with van der Waals surface area (Å²) in [5.74, 6) is -2.34. The van der Waals surface area contributed by atoms with Crippen molar-refractivity contribution < 1.29 is 24.2 Å². The molecule has 18 heavy (non-hydrogen) atoms. The topological polar surface area (TPSA) is 121 Å². The number of aromatic amines is 1. The molecule has 8 nitrogen and oxygen atoms in total. The summed E-state index contributed by atoms with van der Waals surface area (Å²) in [6, 6.07) is 0.258. The average molecular weight is 255 g/mol. The summed E-state index contributed by atoms with van der Waals surface area (Å²) < 4.78 is 4.40. The van der Waals surface area contributed by atoms with Crippen molar-refractivity contribution in [2.24, 2.45) is 0 Å². The Kier molecular flexibility index (Phi) is 4.85. The average Bonchev–Trinajstić information content (AvgIpc) is 2.87. The van der Waals surface area contributed by atoms with Crippen LogP contribution in [0.5, 0.6) is 0 Å². The lowest BCUT2D eigenvalue weighted by molar-refractivity contribution is -0.142. The smallest absolute Gasteiger partial charge is 0.326 e. The van der Waals surface area contributed by atoms with Gasteiger partial charge in [0.15, 0.2) is 0 Å². The van der Waals surface area contributed by atoms with Crippen LogP contribution in [-0.2, 0) is 14.3 Å². The molecular weight excluding hydrogens is 242 g/mol. The number of amides is 1. The SMILES string of the molecule is COC(=O)CC[C@@H](NC(=O)c1ccn[nH]1)C(=O)O. The Hall–Kier alpha value is -2.38. The second-order valence-corrected chi connectivity index (χ2v) is 3.45. The number of aromatic nitrogens is 2. The Bertz CT molecular complexity index is 429. The lowest BCUT2D eigenvalue weighted by atomic mass is 10.1. The number of hydrogen-bond donors (Lipinski definition) is 3. The van der Waals surface area contributed by atoms with E-state index in [1.165, 1.54) is 19.4 Å². The van der Waals surface area contributed by atoms with Gasteiger partial charge in [0, 0.05) is 12.6 Å². The van der Waals surface area contributed by atoms with Gasteiger partial charge in [0.05, 0.1) is 7.11 Å². The van der Waals surface area contributed by atoms with E-state index in [-0.39, 0.29) is 18.5 Å². The molecular formula is C10H13N3O5. The number of methoxy groups -OCH3 is 1. The quantitative estimate of drug-likeness (QED) is 0.592. The molecule has 8 heteroatoms. The minimum Gasteiger partial charge on any atom is -0.480 e. The van der Waals surface area contributed by atoms with Gasteiger partial charge in [0.25, 0.3) is 5.91 Å². The van der Waals surface area contributed by atoms with Crippen molar-refractivity contribution in [2.75, 3.05) is 7.11 Å². The van der Waals surface area contributed by atoms with Gasteiger partial charge in [-0.15, -0.1) is 0 Å². The number of nitrogens with one attached hydrogen (secondary N) is 2. The summed E-state index contributed by atoms with van der Waals surface area (Å²) in [7, 11) is 1.21. The molecule has 0 aliphatic carbocycles. The van der Waals surface area contributed by atoms with Gasteiger partial charge < -0.3 is 15.2 Å². The number of ether oxygens (including phenoxy) is 1. The molecule has 98 valence electrons. The van der Waals surface area contributed by atoms with Gasteiger partial charge in [0.2, 0.25) is 0 Å². The predicted octanol–water partition coefficient (Wildman–Crippen LogP) is -0.454. The summed E-state index contributed by atoms with van der Waals surface area (Å²) in [5, 5.41) is 17.2. The van der Waals surface area contributed by atoms with Crippen LogP contribution >= 0.6 is 0 Å². The van der Waals surface area contributed by atoms with Gasteiger partial charge in [0.1, 0.15) is 11.7 Å². The van der Waals surface area contributed by atoms with Gasteiger partial charge >= 0.3 is 11.9 Å². The summed E-state index contributed by atoms with van der Waals surface area (Å²) in [4.78, 5) is 33.4. The third-order valence-electron chi connectivity index (χ3n) is 2.21. The molecule has 0 spiro atoms. The van der Waals surface area contributed by atoms with Crippen molar-refractivity contribution in [3.05, 3.63) is 18.0 Å². The van der Waals surface area contributed by atoms with Crippen LogP contribution in [-0.4, -0.2) is 46.3 Å². The van der Waals surface area contributed by atoms with E-state index >= 15 is 0 Å². The van der Waals surface area contributed by atoms with Crippen LogP contribution in [0, 0.1) is 0 Å². The third kappa shape index (κ3) is 3.89. The number of rotatable bonds is 6. The first-order chi connectivity index (χ1) is 8.54. The molecule has 0 saturated heterocycles. The molecule has 1 heterocycles. The number of carboxylic acid groups (broad SMARTS) is 1. The van der Waals surface area contributed by atoms with E-state index in [4.69, 9.17) is 5.11 Å². The van der Waals surface area contributed by atoms with Gasteiger partial charge in [-0.1, -0.05) is 0 Å². The molecule has 0 bridgehead atoms. The highest BCUT2D eigenvalue weighted by atomic mass is 16.5. The maximum Gasteiger partial charge on any atom is 0.326 e. The zero-order valence-electron chi connectivity index (χ0n) is 9.67. The van der Waals surface area contributed by atoms with Crippen molar-refractivity contribution in [2.45, 2.75) is 18.9 Å². The number of H-pyrrole nitrogens is 1. The molecule has 1 aromatic rings. The maximum absolute atomic E-state index is 11.6. The van der Waals surface area contributed by atoms with Crippen LogP contribution in [0.1, 0.15) is 23.3 Å². The number of hydrogen-bond acceptors (Lipinski definition) is 5. The lowest BCUT2D eigenvalue weighted by Crippen LogP contribution is -2.41. The molecule has 0 aromatic carbocycles. The first kappa shape index (κ1) is 13.7. The van der Waals surface area contributed by atoms with Crippen LogP contribution in [0.3, 0.4) is 0 Å². The third-order valence-corrected chi connectivity index (χ3v) is 2.21. The molecule has 0 saturated carbocycles. The molecule has 0 radical (unpaired) electrons. The highest BCUT2D eigenvalue weighted by Crippen LogP contribution is 2.01. The fraction of sp³-hybridized carbons (Fsp3) is 0.400. The molecule has 1 amide bonds. The predicted molar refractivity (Wildman–Crippen MR) is 58.7 cm³/mol. The molecule has 1 aromatic heterocycles. The number of carbonyl (C=O) groups excluding carboxylic acids is 2. The standard InChI is InChI=1S/C10H13N3O5/c1-18-8(14)3-2-7(10(16)17)12-9(15)6-4-5-11-13-6/h4-5,7H,2-3H2,1H3,(H,11,13)(H,12,15)(H,16,17)/t7-/m1/s1. The van der Waals surface area contributed by atoms with E-state index in [2.05, 4.69) is 20.3 Å². The van der Waals surface area contributed by atoms with Crippen molar-refractivity contribution in [1.29, 1.82) is 0 Å². The van der Waals surface area contributed by atoms with Crippen LogP contribution in [0.25, 0.3) is 0 Å². The van der Waals surface area contributed by atoms with Gasteiger partial charge in [-0.05, 0) is 12.5 Å². The molecule has 0 aliphatic heterocycles. The van der Waals surface area contributed by atoms with Crippen molar-refractivity contribution >= 4 is 17.8 Å². The summed E-state index contributed by atoms with van der Waals surface area (Å²) in [6.07, 6.45) is 1.25. The van der Waals surface area contributed by atoms with Crippen LogP contribution in [0.4, 0.5) is 0 Å². The second-order valence-electron chi connectivity index (χ2n) is 3.45. The maximum atomic E-state index is 11.6. The first-order valence-corrected chi connectivity index (χ1v) is 5.14. The number of aliphatic carboxylic acids is 1. The van der Waals surface area contributed by atoms with Gasteiger partial charge in [-0.25, -0.2) is 4.79 Å². The second kappa shape index (κ2) is 6.38. The van der Waals surface area contributed by atoms with E-state index in [0.29, 0.717) is 0 Å². The molecule has 0 aliphatic rings. The zero-order valence-corrected chi connectivity index (χ0v) is 9.67. The van der Waals surface area contributed by atoms with E-state index in [9.17, 15) is 14.4 Å². The van der Waals surface area contributed by atoms with E-state index in [1.807, 2.05) is 0 Å². The Labute approximate surface area is 102 Å². The Balaban J connectivity index is 2.55. The Morgan fingerprint density at radius 3 is 2.78 bits per heavy atom. The number of carbonyl (C=O) groups is 3. The van der Waals surface area contributed by atoms with Crippen LogP contribution in [0.2, 0.25) is 0 Å². The highest BCUT2D eigenvalue weighted by molar-refractivity contribution is 5.94. The van der Waals surface area contributed by atoms with Gasteiger partial charge in [-0.3, -0.25) is 14.7 Å². The molecule has 3 N–H and O–H groups in total. The molecule has 0 unspecified atom stereocenters. The van der Waals surface area contributed by atoms with Crippen molar-refractivity contribution in [1.82, 2.24) is 15.5 Å². The van der Waals surface area contributed by atoms with E-state index in [1.54, 1.807) is 0 Å². The summed E-state index contributed by atoms with van der Waals surface area (Å²) in [5.41, 5.74) is 0.152. The Morgan fingerprint density at radius 1 is 1.56 bits per heavy atom. The van der Waals surface area contributed by atoms with Crippen LogP contribution < -0.4 is 5.32 Å². The van der Waals surface area contributed by atoms with Crippen molar-refractivity contribution in [3.8, 4) is 0 Å². The number of carboxylic acids is 1. The minimum atomic E-state index is -1.22. The van der Waals surface area contributed by atoms with E-state index < -0.39 is 23.9 Å². The minimum absolute atomic E-state index is 0.0398. The monoisotopic (exact) mass is 255 g/mol. The largest absolute Gasteiger partial charge is 0.480 e. The normalized spacial score (nSPS) is 11.6. The molecule has 1 rings (SSSR count). The van der Waals surface area contributed by atoms with E-state index in [0.717, 1.165) is 0 Å². The van der Waals surface area contributed by atoms with Crippen molar-refractivity contribution in [3.63, 3.8) is 0 Å². The fourth-order valence-electron chi connectivity index (χ4n) is 1.24. The zero-order chi connectivity index (χ0) is 13.5. The number of nitrogens with zero attached hydrogens (tertiary/aromatic N) is 1. The number of esters is 1. The van der Waals surface area contributed by atoms with Gasteiger partial charge in [-0.2, -0.15) is 5.10 Å². The molecule has 1 atom stereocenters. The summed E-state index contributed by atoms with van der Waals surface area (Å²) in [6.45, 7) is 0. The fourth-order valence-corrected chi connectivity index (χ4v) is 1.24. The summed E-state index contributed by atoms with van der Waals surface area (Å²) >= 11 is 0. The lowest BCUT2D eigenvalue weighted by Gasteiger charge is -2.12. The Morgan fingerprint density at radius 2 is 2.28 bits per heavy atom. The van der Waals surface area contributed by atoms with Crippen LogP contribution in [0.15, 0.2) is 12.3 Å². The first-order valence-electron chi connectivity index (χ1n) is 5.14. The highest BCUT2D eigenvalue weighted by Gasteiger charge is 2.22. The molecule has 0 fully saturated rings.